The minimum Gasteiger partial charge on any atom is -0.506 e. The second-order valence-corrected chi connectivity index (χ2v) is 8.19. The molecule has 1 atom stereocenters. The van der Waals surface area contributed by atoms with Crippen LogP contribution >= 0.6 is 0 Å². The minimum absolute atomic E-state index is 0.00200. The number of hydrogen-bond acceptors (Lipinski definition) is 4. The lowest BCUT2D eigenvalue weighted by molar-refractivity contribution is -0.124. The Morgan fingerprint density at radius 2 is 1.80 bits per heavy atom. The lowest BCUT2D eigenvalue weighted by Gasteiger charge is -2.31. The van der Waals surface area contributed by atoms with Gasteiger partial charge in [-0.25, -0.2) is 0 Å². The second-order valence-electron chi connectivity index (χ2n) is 8.19. The van der Waals surface area contributed by atoms with Gasteiger partial charge in [-0.3, -0.25) is 14.5 Å². The zero-order valence-corrected chi connectivity index (χ0v) is 17.9. The van der Waals surface area contributed by atoms with E-state index in [1.807, 2.05) is 6.92 Å². The number of amides is 2. The van der Waals surface area contributed by atoms with E-state index in [2.05, 4.69) is 47.6 Å². The molecule has 6 heteroatoms. The topological polar surface area (TPSA) is 81.7 Å². The van der Waals surface area contributed by atoms with Crippen LogP contribution in [0.3, 0.4) is 0 Å². The summed E-state index contributed by atoms with van der Waals surface area (Å²) in [5.41, 5.74) is 4.00. The molecule has 160 valence electrons. The van der Waals surface area contributed by atoms with Gasteiger partial charge in [0.05, 0.1) is 18.3 Å². The summed E-state index contributed by atoms with van der Waals surface area (Å²) < 4.78 is 0. The zero-order valence-electron chi connectivity index (χ0n) is 17.9. The molecule has 2 aromatic rings. The number of rotatable bonds is 6. The largest absolute Gasteiger partial charge is 0.506 e. The standard InChI is InChI=1S/C24H31N3O3/c1-16-8-9-20(14-17(16)2)18(3)25-23(29)15-27-12-10-19(11-13-27)24(30)26-21-6-4-5-7-22(21)28/h4-9,14,18-19,28H,10-13,15H2,1-3H3,(H,25,29)(H,26,30)/t18-/m0/s1. The van der Waals surface area contributed by atoms with E-state index in [4.69, 9.17) is 0 Å². The van der Waals surface area contributed by atoms with Crippen molar-refractivity contribution in [3.05, 3.63) is 59.2 Å². The van der Waals surface area contributed by atoms with Crippen molar-refractivity contribution < 1.29 is 14.7 Å². The highest BCUT2D eigenvalue weighted by Gasteiger charge is 2.26. The number of para-hydroxylation sites is 2. The molecule has 0 aliphatic carbocycles. The first-order valence-electron chi connectivity index (χ1n) is 10.5. The van der Waals surface area contributed by atoms with Crippen LogP contribution < -0.4 is 10.6 Å². The van der Waals surface area contributed by atoms with Gasteiger partial charge < -0.3 is 15.7 Å². The van der Waals surface area contributed by atoms with Crippen molar-refractivity contribution in [2.75, 3.05) is 25.0 Å². The Kier molecular flexibility index (Phi) is 7.11. The van der Waals surface area contributed by atoms with Gasteiger partial charge >= 0.3 is 0 Å². The van der Waals surface area contributed by atoms with Crippen LogP contribution in [0.5, 0.6) is 5.75 Å². The third kappa shape index (κ3) is 5.60. The summed E-state index contributed by atoms with van der Waals surface area (Å²) >= 11 is 0. The average molecular weight is 410 g/mol. The molecule has 3 rings (SSSR count). The van der Waals surface area contributed by atoms with E-state index in [-0.39, 0.29) is 29.5 Å². The Morgan fingerprint density at radius 3 is 2.47 bits per heavy atom. The number of benzene rings is 2. The van der Waals surface area contributed by atoms with E-state index in [0.717, 1.165) is 5.56 Å². The van der Waals surface area contributed by atoms with Gasteiger partial charge in [-0.15, -0.1) is 0 Å². The first kappa shape index (κ1) is 21.8. The van der Waals surface area contributed by atoms with Crippen molar-refractivity contribution >= 4 is 17.5 Å². The Labute approximate surface area is 178 Å². The molecule has 0 bridgehead atoms. The van der Waals surface area contributed by atoms with Gasteiger partial charge in [0.2, 0.25) is 11.8 Å². The number of nitrogens with one attached hydrogen (secondary N) is 2. The molecule has 1 heterocycles. The van der Waals surface area contributed by atoms with Crippen LogP contribution in [0.1, 0.15) is 42.5 Å². The summed E-state index contributed by atoms with van der Waals surface area (Å²) in [6, 6.07) is 12.9. The monoisotopic (exact) mass is 409 g/mol. The molecule has 3 N–H and O–H groups in total. The second kappa shape index (κ2) is 9.76. The van der Waals surface area contributed by atoms with Crippen molar-refractivity contribution in [3.8, 4) is 5.75 Å². The number of nitrogens with zero attached hydrogens (tertiary/aromatic N) is 1. The molecular weight excluding hydrogens is 378 g/mol. The molecule has 0 aromatic heterocycles. The number of aryl methyl sites for hydroxylation is 2. The maximum Gasteiger partial charge on any atom is 0.234 e. The number of phenols is 1. The van der Waals surface area contributed by atoms with Gasteiger partial charge in [-0.2, -0.15) is 0 Å². The van der Waals surface area contributed by atoms with Crippen molar-refractivity contribution in [1.82, 2.24) is 10.2 Å². The highest BCUT2D eigenvalue weighted by atomic mass is 16.3. The zero-order chi connectivity index (χ0) is 21.7. The SMILES string of the molecule is Cc1ccc([C@H](C)NC(=O)CN2CCC(C(=O)Nc3ccccc3O)CC2)cc1C. The maximum absolute atomic E-state index is 12.5. The number of aromatic hydroxyl groups is 1. The number of carbonyl (C=O) groups excluding carboxylic acids is 2. The molecule has 1 aliphatic heterocycles. The molecule has 0 radical (unpaired) electrons. The molecule has 0 unspecified atom stereocenters. The van der Waals surface area contributed by atoms with E-state index in [9.17, 15) is 14.7 Å². The fraction of sp³-hybridized carbons (Fsp3) is 0.417. The molecule has 0 spiro atoms. The predicted octanol–water partition coefficient (Wildman–Crippen LogP) is 3.54. The van der Waals surface area contributed by atoms with Crippen LogP contribution in [-0.2, 0) is 9.59 Å². The van der Waals surface area contributed by atoms with E-state index in [1.54, 1.807) is 24.3 Å². The highest BCUT2D eigenvalue weighted by Crippen LogP contribution is 2.25. The average Bonchev–Trinajstić information content (AvgIpc) is 2.72. The summed E-state index contributed by atoms with van der Waals surface area (Å²) in [4.78, 5) is 27.1. The number of piperidine rings is 1. The van der Waals surface area contributed by atoms with Crippen molar-refractivity contribution in [1.29, 1.82) is 0 Å². The molecule has 1 saturated heterocycles. The summed E-state index contributed by atoms with van der Waals surface area (Å²) in [6.07, 6.45) is 1.39. The molecule has 1 aliphatic rings. The summed E-state index contributed by atoms with van der Waals surface area (Å²) in [5, 5.41) is 15.7. The molecule has 1 fully saturated rings. The van der Waals surface area contributed by atoms with Crippen LogP contribution in [-0.4, -0.2) is 41.5 Å². The van der Waals surface area contributed by atoms with E-state index >= 15 is 0 Å². The Hall–Kier alpha value is -2.86. The third-order valence-corrected chi connectivity index (χ3v) is 5.90. The smallest absolute Gasteiger partial charge is 0.234 e. The maximum atomic E-state index is 12.5. The molecular formula is C24H31N3O3. The molecule has 2 aromatic carbocycles. The van der Waals surface area contributed by atoms with Crippen molar-refractivity contribution in [2.45, 2.75) is 39.7 Å². The predicted molar refractivity (Wildman–Crippen MR) is 118 cm³/mol. The Balaban J connectivity index is 1.44. The van der Waals surface area contributed by atoms with Gasteiger partial charge in [0.15, 0.2) is 0 Å². The molecule has 2 amide bonds. The van der Waals surface area contributed by atoms with Gasteiger partial charge in [0, 0.05) is 5.92 Å². The quantitative estimate of drug-likeness (QED) is 0.638. The molecule has 30 heavy (non-hydrogen) atoms. The highest BCUT2D eigenvalue weighted by molar-refractivity contribution is 5.93. The first-order valence-corrected chi connectivity index (χ1v) is 10.5. The first-order chi connectivity index (χ1) is 14.3. The lowest BCUT2D eigenvalue weighted by atomic mass is 9.95. The molecule has 0 saturated carbocycles. The Morgan fingerprint density at radius 1 is 1.10 bits per heavy atom. The third-order valence-electron chi connectivity index (χ3n) is 5.90. The number of carbonyl (C=O) groups is 2. The number of phenolic OH excluding ortho intramolecular Hbond substituents is 1. The summed E-state index contributed by atoms with van der Waals surface area (Å²) in [7, 11) is 0. The van der Waals surface area contributed by atoms with Gasteiger partial charge in [0.25, 0.3) is 0 Å². The van der Waals surface area contributed by atoms with Gasteiger partial charge in [-0.1, -0.05) is 30.3 Å². The number of likely N-dealkylation sites (tertiary alicyclic amines) is 1. The van der Waals surface area contributed by atoms with E-state index in [0.29, 0.717) is 38.2 Å². The van der Waals surface area contributed by atoms with Crippen molar-refractivity contribution in [2.24, 2.45) is 5.92 Å². The van der Waals surface area contributed by atoms with E-state index in [1.165, 1.54) is 11.1 Å². The van der Waals surface area contributed by atoms with Crippen LogP contribution in [0.25, 0.3) is 0 Å². The van der Waals surface area contributed by atoms with E-state index < -0.39 is 0 Å². The minimum atomic E-state index is -0.113. The normalized spacial score (nSPS) is 16.1. The fourth-order valence-electron chi connectivity index (χ4n) is 3.77. The van der Waals surface area contributed by atoms with Crippen LogP contribution in [0.2, 0.25) is 0 Å². The van der Waals surface area contributed by atoms with Crippen LogP contribution in [0, 0.1) is 19.8 Å². The van der Waals surface area contributed by atoms with Crippen LogP contribution in [0.4, 0.5) is 5.69 Å². The number of hydrogen-bond donors (Lipinski definition) is 3. The summed E-state index contributed by atoms with van der Waals surface area (Å²) in [5.74, 6) is -0.127. The summed E-state index contributed by atoms with van der Waals surface area (Å²) in [6.45, 7) is 7.89. The van der Waals surface area contributed by atoms with Crippen molar-refractivity contribution in [3.63, 3.8) is 0 Å². The Bertz CT molecular complexity index is 904. The van der Waals surface area contributed by atoms with Crippen LogP contribution in [0.15, 0.2) is 42.5 Å². The molecule has 6 nitrogen and oxygen atoms in total. The lowest BCUT2D eigenvalue weighted by Crippen LogP contribution is -2.43. The van der Waals surface area contributed by atoms with Gasteiger partial charge in [-0.05, 0) is 75.5 Å². The fourth-order valence-corrected chi connectivity index (χ4v) is 3.77. The number of anilines is 1. The van der Waals surface area contributed by atoms with Gasteiger partial charge in [0.1, 0.15) is 5.75 Å².